The Morgan fingerprint density at radius 3 is 1.30 bits per heavy atom. The number of hydrogen-bond donors (Lipinski definition) is 2. The van der Waals surface area contributed by atoms with E-state index in [4.69, 9.17) is 42.6 Å². The summed E-state index contributed by atoms with van der Waals surface area (Å²) in [6.45, 7) is 4.79. The first-order valence-electron chi connectivity index (χ1n) is 20.8. The highest BCUT2D eigenvalue weighted by atomic mass is 16.8. The summed E-state index contributed by atoms with van der Waals surface area (Å²) >= 11 is 0. The Labute approximate surface area is 358 Å². The lowest BCUT2D eigenvalue weighted by Gasteiger charge is -2.49. The monoisotopic (exact) mass is 832 g/mol. The molecule has 0 radical (unpaired) electrons. The van der Waals surface area contributed by atoms with E-state index < -0.39 is 61.4 Å². The average Bonchev–Trinajstić information content (AvgIpc) is 3.31. The maximum absolute atomic E-state index is 12.4. The van der Waals surface area contributed by atoms with Crippen LogP contribution < -0.4 is 0 Å². The molecule has 2 aliphatic rings. The number of aliphatic hydroxyl groups excluding tert-OH is 2. The molecule has 0 saturated carbocycles. The van der Waals surface area contributed by atoms with Crippen LogP contribution in [0.3, 0.4) is 0 Å². The second kappa shape index (κ2) is 23.6. The van der Waals surface area contributed by atoms with Crippen LogP contribution in [0, 0.1) is 0 Å². The molecule has 2 saturated heterocycles. The zero-order valence-electron chi connectivity index (χ0n) is 34.2. The second-order valence-electron chi connectivity index (χ2n) is 15.0. The highest BCUT2D eigenvalue weighted by Gasteiger charge is 2.54. The van der Waals surface area contributed by atoms with Crippen molar-refractivity contribution < 1.29 is 52.8 Å². The molecule has 2 N–H and O–H groups in total. The average molecular weight is 833 g/mol. The molecule has 0 aromatic heterocycles. The third kappa shape index (κ3) is 12.7. The molecule has 0 aliphatic carbocycles. The smallest absolute Gasteiger partial charge is 0.187 e. The molecular weight excluding hydrogens is 777 g/mol. The van der Waals surface area contributed by atoms with Crippen LogP contribution >= 0.6 is 0 Å². The predicted octanol–water partition coefficient (Wildman–Crippen LogP) is 6.94. The Bertz CT molecular complexity index is 1960. The molecule has 10 atom stereocenters. The Morgan fingerprint density at radius 1 is 0.459 bits per heavy atom. The van der Waals surface area contributed by atoms with Gasteiger partial charge in [0.1, 0.15) is 48.8 Å². The first-order chi connectivity index (χ1) is 30.1. The van der Waals surface area contributed by atoms with Crippen LogP contribution in [-0.2, 0) is 75.7 Å². The minimum Gasteiger partial charge on any atom is -0.394 e. The Morgan fingerprint density at radius 2 is 0.852 bits per heavy atom. The van der Waals surface area contributed by atoms with Crippen molar-refractivity contribution in [3.05, 3.63) is 192 Å². The van der Waals surface area contributed by atoms with Crippen LogP contribution in [0.15, 0.2) is 164 Å². The predicted molar refractivity (Wildman–Crippen MR) is 228 cm³/mol. The van der Waals surface area contributed by atoms with Gasteiger partial charge in [0.15, 0.2) is 12.6 Å². The van der Waals surface area contributed by atoms with Gasteiger partial charge in [-0.1, -0.05) is 158 Å². The largest absolute Gasteiger partial charge is 0.394 e. The zero-order chi connectivity index (χ0) is 42.1. The van der Waals surface area contributed by atoms with E-state index in [0.29, 0.717) is 6.61 Å². The first kappa shape index (κ1) is 44.5. The second-order valence-corrected chi connectivity index (χ2v) is 15.0. The van der Waals surface area contributed by atoms with Crippen molar-refractivity contribution in [3.8, 4) is 0 Å². The molecule has 11 nitrogen and oxygen atoms in total. The number of rotatable bonds is 22. The molecule has 2 aliphatic heterocycles. The van der Waals surface area contributed by atoms with Crippen LogP contribution in [0.4, 0.5) is 0 Å². The molecule has 0 amide bonds. The van der Waals surface area contributed by atoms with Gasteiger partial charge in [-0.25, -0.2) is 0 Å². The van der Waals surface area contributed by atoms with E-state index in [0.717, 1.165) is 27.8 Å². The van der Waals surface area contributed by atoms with Crippen LogP contribution in [0.25, 0.3) is 0 Å². The molecule has 11 heteroatoms. The van der Waals surface area contributed by atoms with Gasteiger partial charge in [-0.3, -0.25) is 0 Å². The molecular formula is C50H56O11. The quantitative estimate of drug-likeness (QED) is 0.0706. The van der Waals surface area contributed by atoms with E-state index in [1.807, 2.05) is 152 Å². The highest BCUT2D eigenvalue weighted by molar-refractivity contribution is 5.17. The van der Waals surface area contributed by atoms with Gasteiger partial charge in [0, 0.05) is 0 Å². The molecule has 7 rings (SSSR count). The van der Waals surface area contributed by atoms with E-state index in [9.17, 15) is 10.2 Å². The van der Waals surface area contributed by atoms with Gasteiger partial charge in [-0.2, -0.15) is 0 Å². The fourth-order valence-corrected chi connectivity index (χ4v) is 7.48. The van der Waals surface area contributed by atoms with Gasteiger partial charge < -0.3 is 52.8 Å². The minimum absolute atomic E-state index is 0.0903. The number of benzene rings is 5. The lowest BCUT2D eigenvalue weighted by atomic mass is 9.96. The summed E-state index contributed by atoms with van der Waals surface area (Å²) in [6, 6.07) is 48.8. The first-order valence-corrected chi connectivity index (χ1v) is 20.8. The summed E-state index contributed by atoms with van der Waals surface area (Å²) in [5.74, 6) is 0. The molecule has 2 fully saturated rings. The summed E-state index contributed by atoms with van der Waals surface area (Å²) in [4.78, 5) is 0. The van der Waals surface area contributed by atoms with E-state index in [1.165, 1.54) is 0 Å². The van der Waals surface area contributed by atoms with Gasteiger partial charge in [0.25, 0.3) is 0 Å². The lowest BCUT2D eigenvalue weighted by molar-refractivity contribution is -0.378. The van der Waals surface area contributed by atoms with Crippen molar-refractivity contribution in [3.63, 3.8) is 0 Å². The molecule has 2 heterocycles. The Hall–Kier alpha value is -4.60. The van der Waals surface area contributed by atoms with Crippen molar-refractivity contribution in [2.24, 2.45) is 0 Å². The standard InChI is InChI=1S/C50H56O11/c1-2-28-54-50-48(47(58-34-40-26-16-7-17-27-40)44(41(29-51)59-50)55-31-37-20-10-4-11-21-37)61-49-43(52)46(57-33-39-24-14-6-15-25-39)45(56-32-38-22-12-5-13-23-38)42(60-49)35-53-30-36-18-8-3-9-19-36/h2-27,41-52H,1,28-35H2/t41-,42-,43+,44-,45-,46-,47+,48+,49-,50+/m1/s1. The van der Waals surface area contributed by atoms with Crippen molar-refractivity contribution in [2.45, 2.75) is 94.4 Å². The van der Waals surface area contributed by atoms with Crippen molar-refractivity contribution in [2.75, 3.05) is 19.8 Å². The summed E-state index contributed by atoms with van der Waals surface area (Å²) in [5.41, 5.74) is 4.69. The normalized spacial score (nSPS) is 26.5. The van der Waals surface area contributed by atoms with Crippen molar-refractivity contribution in [1.29, 1.82) is 0 Å². The molecule has 5 aromatic carbocycles. The third-order valence-electron chi connectivity index (χ3n) is 10.6. The van der Waals surface area contributed by atoms with E-state index in [2.05, 4.69) is 6.58 Å². The van der Waals surface area contributed by atoms with Crippen LogP contribution in [-0.4, -0.2) is 91.4 Å². The fourth-order valence-electron chi connectivity index (χ4n) is 7.48. The molecule has 61 heavy (non-hydrogen) atoms. The molecule has 0 unspecified atom stereocenters. The summed E-state index contributed by atoms with van der Waals surface area (Å²) in [5, 5.41) is 23.1. The SMILES string of the molecule is C=CCO[C@H]1O[C@H](CO)[C@@H](OCc2ccccc2)[C@H](OCc2ccccc2)[C@@H]1O[C@H]1O[C@H](COCc2ccccc2)[C@@H](OCc2ccccc2)[C@H](OCc2ccccc2)[C@@H]1O. The maximum atomic E-state index is 12.4. The number of ether oxygens (including phenoxy) is 9. The molecule has 322 valence electrons. The van der Waals surface area contributed by atoms with Crippen molar-refractivity contribution in [1.82, 2.24) is 0 Å². The Balaban J connectivity index is 1.21. The lowest BCUT2D eigenvalue weighted by Crippen LogP contribution is -2.66. The van der Waals surface area contributed by atoms with E-state index in [1.54, 1.807) is 6.08 Å². The van der Waals surface area contributed by atoms with Gasteiger partial charge in [-0.15, -0.1) is 6.58 Å². The van der Waals surface area contributed by atoms with Crippen molar-refractivity contribution >= 4 is 0 Å². The minimum atomic E-state index is -1.37. The zero-order valence-corrected chi connectivity index (χ0v) is 34.2. The van der Waals surface area contributed by atoms with Crippen LogP contribution in [0.2, 0.25) is 0 Å². The van der Waals surface area contributed by atoms with Gasteiger partial charge in [0.2, 0.25) is 0 Å². The third-order valence-corrected chi connectivity index (χ3v) is 10.6. The number of aliphatic hydroxyl groups is 2. The van der Waals surface area contributed by atoms with Crippen LogP contribution in [0.1, 0.15) is 27.8 Å². The summed E-state index contributed by atoms with van der Waals surface area (Å²) < 4.78 is 59.0. The molecule has 0 spiro atoms. The van der Waals surface area contributed by atoms with Crippen LogP contribution in [0.5, 0.6) is 0 Å². The summed E-state index contributed by atoms with van der Waals surface area (Å²) in [7, 11) is 0. The molecule has 0 bridgehead atoms. The molecule has 5 aromatic rings. The fraction of sp³-hybridized carbons (Fsp3) is 0.360. The van der Waals surface area contributed by atoms with Gasteiger partial charge in [0.05, 0.1) is 52.9 Å². The maximum Gasteiger partial charge on any atom is 0.187 e. The van der Waals surface area contributed by atoms with Gasteiger partial charge in [-0.05, 0) is 27.8 Å². The van der Waals surface area contributed by atoms with E-state index in [-0.39, 0.29) is 46.2 Å². The highest BCUT2D eigenvalue weighted by Crippen LogP contribution is 2.35. The Kier molecular flexibility index (Phi) is 17.2. The number of hydrogen-bond acceptors (Lipinski definition) is 11. The van der Waals surface area contributed by atoms with Gasteiger partial charge >= 0.3 is 0 Å². The van der Waals surface area contributed by atoms with E-state index >= 15 is 0 Å². The summed E-state index contributed by atoms with van der Waals surface area (Å²) in [6.07, 6.45) is -8.28. The topological polar surface area (TPSA) is 124 Å².